The summed E-state index contributed by atoms with van der Waals surface area (Å²) in [6.45, 7) is 3.00. The minimum atomic E-state index is -0.136. The van der Waals surface area contributed by atoms with E-state index in [0.717, 1.165) is 31.2 Å². The SMILES string of the molecule is CC(=O)N1CCC(NC(=O)NC(c2ccccc2Cl)C2CCCC2)CC1. The lowest BCUT2D eigenvalue weighted by Crippen LogP contribution is -2.49. The molecule has 2 N–H and O–H groups in total. The number of rotatable bonds is 4. The zero-order valence-corrected chi connectivity index (χ0v) is 16.1. The molecule has 1 aromatic carbocycles. The molecule has 6 heteroatoms. The molecule has 0 aromatic heterocycles. The highest BCUT2D eigenvalue weighted by molar-refractivity contribution is 6.31. The average Bonchev–Trinajstić information content (AvgIpc) is 3.15. The molecule has 3 amide bonds. The first-order valence-electron chi connectivity index (χ1n) is 9.61. The maximum Gasteiger partial charge on any atom is 0.315 e. The molecule has 3 rings (SSSR count). The van der Waals surface area contributed by atoms with Crippen molar-refractivity contribution in [3.63, 3.8) is 0 Å². The Morgan fingerprint density at radius 1 is 1.12 bits per heavy atom. The fourth-order valence-corrected chi connectivity index (χ4v) is 4.43. The monoisotopic (exact) mass is 377 g/mol. The summed E-state index contributed by atoms with van der Waals surface area (Å²) in [4.78, 5) is 25.9. The predicted octanol–water partition coefficient (Wildman–Crippen LogP) is 3.88. The van der Waals surface area contributed by atoms with Gasteiger partial charge in [-0.25, -0.2) is 4.79 Å². The van der Waals surface area contributed by atoms with Crippen molar-refractivity contribution < 1.29 is 9.59 Å². The predicted molar refractivity (Wildman–Crippen MR) is 103 cm³/mol. The molecule has 2 aliphatic rings. The minimum absolute atomic E-state index is 0.0523. The van der Waals surface area contributed by atoms with Crippen LogP contribution in [0, 0.1) is 5.92 Å². The van der Waals surface area contributed by atoms with Crippen molar-refractivity contribution in [2.45, 2.75) is 57.5 Å². The number of hydrogen-bond donors (Lipinski definition) is 2. The van der Waals surface area contributed by atoms with Crippen LogP contribution < -0.4 is 10.6 Å². The van der Waals surface area contributed by atoms with E-state index < -0.39 is 0 Å². The summed E-state index contributed by atoms with van der Waals surface area (Å²) >= 11 is 6.41. The normalized spacial score (nSPS) is 20.0. The molecule has 1 atom stereocenters. The zero-order chi connectivity index (χ0) is 18.5. The molecule has 2 fully saturated rings. The molecule has 5 nitrogen and oxygen atoms in total. The molecule has 1 aliphatic carbocycles. The summed E-state index contributed by atoms with van der Waals surface area (Å²) < 4.78 is 0. The smallest absolute Gasteiger partial charge is 0.315 e. The number of hydrogen-bond acceptors (Lipinski definition) is 2. The Morgan fingerprint density at radius 2 is 1.77 bits per heavy atom. The molecule has 1 unspecified atom stereocenters. The van der Waals surface area contributed by atoms with Gasteiger partial charge in [-0.3, -0.25) is 4.79 Å². The Labute approximate surface area is 160 Å². The van der Waals surface area contributed by atoms with E-state index in [0.29, 0.717) is 24.0 Å². The quantitative estimate of drug-likeness (QED) is 0.836. The Balaban J connectivity index is 1.61. The van der Waals surface area contributed by atoms with E-state index in [9.17, 15) is 9.59 Å². The van der Waals surface area contributed by atoms with Gasteiger partial charge in [-0.2, -0.15) is 0 Å². The van der Waals surface area contributed by atoms with Crippen LogP contribution in [0.4, 0.5) is 4.79 Å². The van der Waals surface area contributed by atoms with Gasteiger partial charge in [0.15, 0.2) is 0 Å². The number of likely N-dealkylation sites (tertiary alicyclic amines) is 1. The van der Waals surface area contributed by atoms with Gasteiger partial charge < -0.3 is 15.5 Å². The Morgan fingerprint density at radius 3 is 2.38 bits per heavy atom. The van der Waals surface area contributed by atoms with Gasteiger partial charge in [-0.05, 0) is 43.2 Å². The van der Waals surface area contributed by atoms with Crippen molar-refractivity contribution >= 4 is 23.5 Å². The molecule has 1 heterocycles. The lowest BCUT2D eigenvalue weighted by molar-refractivity contribution is -0.129. The van der Waals surface area contributed by atoms with Crippen molar-refractivity contribution in [1.29, 1.82) is 0 Å². The maximum absolute atomic E-state index is 12.6. The molecule has 0 bridgehead atoms. The van der Waals surface area contributed by atoms with Crippen LogP contribution in [0.5, 0.6) is 0 Å². The maximum atomic E-state index is 12.6. The van der Waals surface area contributed by atoms with Gasteiger partial charge in [0.2, 0.25) is 5.91 Å². The number of halogens is 1. The molecule has 26 heavy (non-hydrogen) atoms. The fraction of sp³-hybridized carbons (Fsp3) is 0.600. The molecular formula is C20H28ClN3O2. The number of benzene rings is 1. The standard InChI is InChI=1S/C20H28ClN3O2/c1-14(25)24-12-10-16(11-13-24)22-20(26)23-19(15-6-2-3-7-15)17-8-4-5-9-18(17)21/h4-5,8-9,15-16,19H,2-3,6-7,10-13H2,1H3,(H2,22,23,26). The largest absolute Gasteiger partial charge is 0.343 e. The summed E-state index contributed by atoms with van der Waals surface area (Å²) in [7, 11) is 0. The van der Waals surface area contributed by atoms with Gasteiger partial charge in [-0.1, -0.05) is 42.6 Å². The second kappa shape index (κ2) is 8.76. The summed E-state index contributed by atoms with van der Waals surface area (Å²) in [5, 5.41) is 6.98. The van der Waals surface area contributed by atoms with Crippen LogP contribution in [0.2, 0.25) is 5.02 Å². The van der Waals surface area contributed by atoms with Crippen LogP contribution in [0.15, 0.2) is 24.3 Å². The van der Waals surface area contributed by atoms with E-state index in [4.69, 9.17) is 11.6 Å². The van der Waals surface area contributed by atoms with E-state index in [1.54, 1.807) is 6.92 Å². The molecule has 0 radical (unpaired) electrons. The number of nitrogens with zero attached hydrogens (tertiary/aromatic N) is 1. The van der Waals surface area contributed by atoms with Gasteiger partial charge >= 0.3 is 6.03 Å². The van der Waals surface area contributed by atoms with Crippen molar-refractivity contribution in [1.82, 2.24) is 15.5 Å². The van der Waals surface area contributed by atoms with Gasteiger partial charge in [0.1, 0.15) is 0 Å². The first kappa shape index (κ1) is 19.0. The van der Waals surface area contributed by atoms with E-state index in [1.165, 1.54) is 12.8 Å². The third kappa shape index (κ3) is 4.70. The zero-order valence-electron chi connectivity index (χ0n) is 15.3. The van der Waals surface area contributed by atoms with Crippen LogP contribution >= 0.6 is 11.6 Å². The lowest BCUT2D eigenvalue weighted by Gasteiger charge is -2.33. The second-order valence-corrected chi connectivity index (χ2v) is 7.85. The molecule has 142 valence electrons. The first-order chi connectivity index (χ1) is 12.5. The van der Waals surface area contributed by atoms with Crippen LogP contribution in [0.1, 0.15) is 57.1 Å². The fourth-order valence-electron chi connectivity index (χ4n) is 4.17. The van der Waals surface area contributed by atoms with Crippen molar-refractivity contribution in [2.75, 3.05) is 13.1 Å². The lowest BCUT2D eigenvalue weighted by atomic mass is 9.91. The Kier molecular flexibility index (Phi) is 6.41. The highest BCUT2D eigenvalue weighted by Gasteiger charge is 2.30. The Bertz CT molecular complexity index is 638. The van der Waals surface area contributed by atoms with Gasteiger partial charge in [0.25, 0.3) is 0 Å². The summed E-state index contributed by atoms with van der Waals surface area (Å²) in [5.41, 5.74) is 1.00. The number of carbonyl (C=O) groups excluding carboxylic acids is 2. The first-order valence-corrected chi connectivity index (χ1v) is 9.99. The van der Waals surface area contributed by atoms with Gasteiger partial charge in [-0.15, -0.1) is 0 Å². The number of nitrogens with one attached hydrogen (secondary N) is 2. The number of amides is 3. The van der Waals surface area contributed by atoms with Crippen LogP contribution in [0.25, 0.3) is 0 Å². The Hall–Kier alpha value is -1.75. The second-order valence-electron chi connectivity index (χ2n) is 7.44. The van der Waals surface area contributed by atoms with Crippen molar-refractivity contribution in [3.8, 4) is 0 Å². The summed E-state index contributed by atoms with van der Waals surface area (Å²) in [6, 6.07) is 7.71. The highest BCUT2D eigenvalue weighted by atomic mass is 35.5. The summed E-state index contributed by atoms with van der Waals surface area (Å²) in [6.07, 6.45) is 6.25. The third-order valence-electron chi connectivity index (χ3n) is 5.67. The van der Waals surface area contributed by atoms with E-state index >= 15 is 0 Å². The van der Waals surface area contributed by atoms with Crippen LogP contribution in [-0.4, -0.2) is 36.0 Å². The molecule has 1 saturated carbocycles. The van der Waals surface area contributed by atoms with Crippen molar-refractivity contribution in [3.05, 3.63) is 34.9 Å². The molecular weight excluding hydrogens is 350 g/mol. The minimum Gasteiger partial charge on any atom is -0.343 e. The average molecular weight is 378 g/mol. The topological polar surface area (TPSA) is 61.4 Å². The van der Waals surface area contributed by atoms with Crippen LogP contribution in [0.3, 0.4) is 0 Å². The third-order valence-corrected chi connectivity index (χ3v) is 6.02. The molecule has 1 saturated heterocycles. The number of urea groups is 1. The van der Waals surface area contributed by atoms with E-state index in [1.807, 2.05) is 29.2 Å². The summed E-state index contributed by atoms with van der Waals surface area (Å²) in [5.74, 6) is 0.535. The van der Waals surface area contributed by atoms with E-state index in [-0.39, 0.29) is 24.0 Å². The highest BCUT2D eigenvalue weighted by Crippen LogP contribution is 2.38. The number of piperidine rings is 1. The molecule has 1 aliphatic heterocycles. The molecule has 1 aromatic rings. The molecule has 0 spiro atoms. The van der Waals surface area contributed by atoms with Gasteiger partial charge in [0.05, 0.1) is 6.04 Å². The number of carbonyl (C=O) groups is 2. The van der Waals surface area contributed by atoms with Crippen LogP contribution in [-0.2, 0) is 4.79 Å². The van der Waals surface area contributed by atoms with Crippen molar-refractivity contribution in [2.24, 2.45) is 5.92 Å². The van der Waals surface area contributed by atoms with Gasteiger partial charge in [0, 0.05) is 31.1 Å². The van der Waals surface area contributed by atoms with E-state index in [2.05, 4.69) is 10.6 Å².